The van der Waals surface area contributed by atoms with Gasteiger partial charge in [0.05, 0.1) is 6.42 Å². The van der Waals surface area contributed by atoms with Crippen molar-refractivity contribution >= 4 is 35.1 Å². The first-order valence-corrected chi connectivity index (χ1v) is 10.7. The van der Waals surface area contributed by atoms with Crippen LogP contribution in [0.5, 0.6) is 0 Å². The molecule has 0 aliphatic rings. The number of carbonyl (C=O) groups excluding carboxylic acids is 3. The van der Waals surface area contributed by atoms with Crippen LogP contribution >= 0.6 is 11.8 Å². The first kappa shape index (κ1) is 22.7. The summed E-state index contributed by atoms with van der Waals surface area (Å²) in [6.45, 7) is 5.80. The number of thioether (sulfide) groups is 1. The van der Waals surface area contributed by atoms with E-state index in [9.17, 15) is 14.4 Å². The maximum Gasteiger partial charge on any atom is 0.306 e. The van der Waals surface area contributed by atoms with Crippen LogP contribution in [-0.2, 0) is 19.7 Å². The molecule has 0 heterocycles. The number of nitrogens with one attached hydrogen (secondary N) is 1. The number of esters is 1. The standard InChI is InChI=1S/C23H27NO4S/c1-23(2,3)18-7-5-6-8-19(18)24-21(26)15-28-22(27)14-13-20(25)16-9-11-17(29-4)12-10-16/h5-12H,13-15H2,1-4H3,(H,24,26). The zero-order chi connectivity index (χ0) is 21.4. The lowest BCUT2D eigenvalue weighted by Crippen LogP contribution is -2.23. The largest absolute Gasteiger partial charge is 0.456 e. The van der Waals surface area contributed by atoms with E-state index < -0.39 is 11.9 Å². The van der Waals surface area contributed by atoms with Crippen molar-refractivity contribution in [3.8, 4) is 0 Å². The molecule has 2 aromatic carbocycles. The Morgan fingerprint density at radius 2 is 1.62 bits per heavy atom. The van der Waals surface area contributed by atoms with Crippen molar-refractivity contribution in [2.24, 2.45) is 0 Å². The van der Waals surface area contributed by atoms with Gasteiger partial charge in [0.2, 0.25) is 0 Å². The summed E-state index contributed by atoms with van der Waals surface area (Å²) in [5, 5.41) is 2.79. The van der Waals surface area contributed by atoms with Gasteiger partial charge in [-0.2, -0.15) is 0 Å². The Morgan fingerprint density at radius 3 is 2.24 bits per heavy atom. The van der Waals surface area contributed by atoms with E-state index in [1.54, 1.807) is 23.9 Å². The zero-order valence-corrected chi connectivity index (χ0v) is 18.1. The SMILES string of the molecule is CSc1ccc(C(=O)CCC(=O)OCC(=O)Nc2ccccc2C(C)(C)C)cc1. The summed E-state index contributed by atoms with van der Waals surface area (Å²) < 4.78 is 5.02. The maximum absolute atomic E-state index is 12.2. The van der Waals surface area contributed by atoms with E-state index in [1.807, 2.05) is 42.7 Å². The molecule has 1 N–H and O–H groups in total. The van der Waals surface area contributed by atoms with Crippen LogP contribution in [-0.4, -0.2) is 30.5 Å². The van der Waals surface area contributed by atoms with E-state index in [-0.39, 0.29) is 30.6 Å². The molecule has 0 aromatic heterocycles. The fourth-order valence-corrected chi connectivity index (χ4v) is 3.20. The highest BCUT2D eigenvalue weighted by Gasteiger charge is 2.19. The molecule has 2 aromatic rings. The molecule has 0 saturated carbocycles. The number of benzene rings is 2. The Labute approximate surface area is 176 Å². The number of hydrogen-bond acceptors (Lipinski definition) is 5. The number of carbonyl (C=O) groups is 3. The molecule has 0 atom stereocenters. The molecule has 6 heteroatoms. The maximum atomic E-state index is 12.2. The second-order valence-corrected chi connectivity index (χ2v) is 8.54. The fraction of sp³-hybridized carbons (Fsp3) is 0.348. The predicted octanol–water partition coefficient (Wildman–Crippen LogP) is 4.85. The van der Waals surface area contributed by atoms with Crippen molar-refractivity contribution < 1.29 is 19.1 Å². The van der Waals surface area contributed by atoms with Crippen LogP contribution in [0.4, 0.5) is 5.69 Å². The van der Waals surface area contributed by atoms with Crippen molar-refractivity contribution in [3.63, 3.8) is 0 Å². The van der Waals surface area contributed by atoms with E-state index in [4.69, 9.17) is 4.74 Å². The lowest BCUT2D eigenvalue weighted by molar-refractivity contribution is -0.147. The van der Waals surface area contributed by atoms with Crippen molar-refractivity contribution in [1.29, 1.82) is 0 Å². The van der Waals surface area contributed by atoms with Crippen molar-refractivity contribution in [1.82, 2.24) is 0 Å². The van der Waals surface area contributed by atoms with E-state index in [0.29, 0.717) is 11.3 Å². The van der Waals surface area contributed by atoms with Gasteiger partial charge in [0, 0.05) is 22.6 Å². The number of rotatable bonds is 8. The predicted molar refractivity (Wildman–Crippen MR) is 117 cm³/mol. The van der Waals surface area contributed by atoms with Crippen molar-refractivity contribution in [2.45, 2.75) is 43.9 Å². The molecule has 0 aliphatic carbocycles. The van der Waals surface area contributed by atoms with Gasteiger partial charge in [-0.1, -0.05) is 51.1 Å². The van der Waals surface area contributed by atoms with Gasteiger partial charge in [0.1, 0.15) is 0 Å². The van der Waals surface area contributed by atoms with Gasteiger partial charge in [-0.3, -0.25) is 14.4 Å². The smallest absolute Gasteiger partial charge is 0.306 e. The number of para-hydroxylation sites is 1. The Morgan fingerprint density at radius 1 is 0.966 bits per heavy atom. The normalized spacial score (nSPS) is 11.0. The van der Waals surface area contributed by atoms with Gasteiger partial charge < -0.3 is 10.1 Å². The van der Waals surface area contributed by atoms with Crippen LogP contribution in [0.2, 0.25) is 0 Å². The van der Waals surface area contributed by atoms with E-state index in [1.165, 1.54) is 0 Å². The summed E-state index contributed by atoms with van der Waals surface area (Å²) in [6, 6.07) is 14.8. The zero-order valence-electron chi connectivity index (χ0n) is 17.3. The molecule has 0 aliphatic heterocycles. The van der Waals surface area contributed by atoms with Crippen LogP contribution in [0.3, 0.4) is 0 Å². The number of amides is 1. The highest BCUT2D eigenvalue weighted by atomic mass is 32.2. The van der Waals surface area contributed by atoms with E-state index >= 15 is 0 Å². The molecule has 2 rings (SSSR count). The molecule has 0 unspecified atom stereocenters. The third kappa shape index (κ3) is 7.06. The van der Waals surface area contributed by atoms with Gasteiger partial charge in [0.15, 0.2) is 12.4 Å². The van der Waals surface area contributed by atoms with Crippen LogP contribution in [0, 0.1) is 0 Å². The van der Waals surface area contributed by atoms with E-state index in [0.717, 1.165) is 10.5 Å². The third-order valence-corrected chi connectivity index (χ3v) is 5.09. The van der Waals surface area contributed by atoms with Gasteiger partial charge in [-0.15, -0.1) is 11.8 Å². The topological polar surface area (TPSA) is 72.5 Å². The summed E-state index contributed by atoms with van der Waals surface area (Å²) in [4.78, 5) is 37.3. The number of Topliss-reactive ketones (excluding diaryl/α,β-unsaturated/α-hetero) is 1. The molecule has 0 saturated heterocycles. The molecule has 0 radical (unpaired) electrons. The summed E-state index contributed by atoms with van der Waals surface area (Å²) >= 11 is 1.60. The minimum absolute atomic E-state index is 0.0475. The molecule has 0 spiro atoms. The molecular formula is C23H27NO4S. The molecule has 29 heavy (non-hydrogen) atoms. The summed E-state index contributed by atoms with van der Waals surface area (Å²) in [6.07, 6.45) is 1.95. The second kappa shape index (κ2) is 10.3. The number of hydrogen-bond donors (Lipinski definition) is 1. The summed E-state index contributed by atoms with van der Waals surface area (Å²) in [5.74, 6) is -1.11. The molecule has 5 nitrogen and oxygen atoms in total. The molecule has 1 amide bonds. The van der Waals surface area contributed by atoms with Crippen LogP contribution < -0.4 is 5.32 Å². The Kier molecular flexibility index (Phi) is 8.02. The first-order valence-electron chi connectivity index (χ1n) is 9.43. The Hall–Kier alpha value is -2.60. The monoisotopic (exact) mass is 413 g/mol. The summed E-state index contributed by atoms with van der Waals surface area (Å²) in [7, 11) is 0. The van der Waals surface area contributed by atoms with Gasteiger partial charge >= 0.3 is 5.97 Å². The lowest BCUT2D eigenvalue weighted by atomic mass is 9.86. The minimum atomic E-state index is -0.571. The molecule has 0 bridgehead atoms. The third-order valence-electron chi connectivity index (χ3n) is 4.34. The highest BCUT2D eigenvalue weighted by Crippen LogP contribution is 2.29. The van der Waals surface area contributed by atoms with Crippen LogP contribution in [0.1, 0.15) is 49.5 Å². The van der Waals surface area contributed by atoms with Gasteiger partial charge in [-0.25, -0.2) is 0 Å². The van der Waals surface area contributed by atoms with E-state index in [2.05, 4.69) is 26.1 Å². The highest BCUT2D eigenvalue weighted by molar-refractivity contribution is 7.98. The average molecular weight is 414 g/mol. The molecule has 154 valence electrons. The van der Waals surface area contributed by atoms with Crippen LogP contribution in [0.15, 0.2) is 53.4 Å². The van der Waals surface area contributed by atoms with Crippen LogP contribution in [0.25, 0.3) is 0 Å². The quantitative estimate of drug-likeness (QED) is 0.380. The summed E-state index contributed by atoms with van der Waals surface area (Å²) in [5.41, 5.74) is 2.13. The van der Waals surface area contributed by atoms with Gasteiger partial charge in [-0.05, 0) is 35.4 Å². The molecule has 0 fully saturated rings. The van der Waals surface area contributed by atoms with Crippen molar-refractivity contribution in [2.75, 3.05) is 18.2 Å². The Bertz CT molecular complexity index is 869. The number of ketones is 1. The number of anilines is 1. The lowest BCUT2D eigenvalue weighted by Gasteiger charge is -2.22. The average Bonchev–Trinajstić information content (AvgIpc) is 2.70. The van der Waals surface area contributed by atoms with Gasteiger partial charge in [0.25, 0.3) is 5.91 Å². The van der Waals surface area contributed by atoms with Crippen molar-refractivity contribution in [3.05, 3.63) is 59.7 Å². The number of ether oxygens (including phenoxy) is 1. The molecular weight excluding hydrogens is 386 g/mol. The second-order valence-electron chi connectivity index (χ2n) is 7.66. The first-order chi connectivity index (χ1) is 13.7. The Balaban J connectivity index is 1.80. The minimum Gasteiger partial charge on any atom is -0.456 e. The fourth-order valence-electron chi connectivity index (χ4n) is 2.79.